The number of carbonyl (C=O) groups is 2. The second-order valence-corrected chi connectivity index (χ2v) is 3.20. The summed E-state index contributed by atoms with van der Waals surface area (Å²) in [5.74, 6) is -0.525. The van der Waals surface area contributed by atoms with Crippen LogP contribution in [0.1, 0.15) is 0 Å². The van der Waals surface area contributed by atoms with Gasteiger partial charge in [0.15, 0.2) is 0 Å². The van der Waals surface area contributed by atoms with Gasteiger partial charge in [0.1, 0.15) is 6.61 Å². The van der Waals surface area contributed by atoms with Crippen LogP contribution in [-0.2, 0) is 9.53 Å². The van der Waals surface area contributed by atoms with Crippen LogP contribution in [0.2, 0.25) is 0 Å². The van der Waals surface area contributed by atoms with E-state index < -0.39 is 12.0 Å². The molecule has 0 aromatic heterocycles. The Kier molecular flexibility index (Phi) is 4.75. The van der Waals surface area contributed by atoms with Crippen LogP contribution in [0.5, 0.6) is 0 Å². The molecule has 0 atom stereocenters. The van der Waals surface area contributed by atoms with E-state index in [1.807, 2.05) is 6.07 Å². The number of nitrogens with zero attached hydrogens (tertiary/aromatic N) is 1. The third-order valence-corrected chi connectivity index (χ3v) is 2.06. The minimum absolute atomic E-state index is 0.0721. The van der Waals surface area contributed by atoms with E-state index >= 15 is 0 Å². The van der Waals surface area contributed by atoms with E-state index in [4.69, 9.17) is 10.5 Å². The fourth-order valence-corrected chi connectivity index (χ4v) is 1.27. The van der Waals surface area contributed by atoms with Gasteiger partial charge >= 0.3 is 12.0 Å². The number of amides is 2. The van der Waals surface area contributed by atoms with Crippen molar-refractivity contribution >= 4 is 17.7 Å². The van der Waals surface area contributed by atoms with E-state index in [2.05, 4.69) is 6.58 Å². The first-order valence-corrected chi connectivity index (χ1v) is 5.06. The van der Waals surface area contributed by atoms with Gasteiger partial charge in [-0.15, -0.1) is 0 Å². The van der Waals surface area contributed by atoms with Crippen LogP contribution in [0.15, 0.2) is 43.0 Å². The van der Waals surface area contributed by atoms with E-state index in [0.29, 0.717) is 5.69 Å². The van der Waals surface area contributed by atoms with Gasteiger partial charge in [-0.1, -0.05) is 24.8 Å². The molecule has 0 heterocycles. The van der Waals surface area contributed by atoms with Crippen molar-refractivity contribution in [1.82, 2.24) is 0 Å². The first-order valence-electron chi connectivity index (χ1n) is 5.06. The van der Waals surface area contributed by atoms with Crippen LogP contribution in [0.3, 0.4) is 0 Å². The number of primary amides is 1. The van der Waals surface area contributed by atoms with Gasteiger partial charge in [0.2, 0.25) is 0 Å². The molecule has 90 valence electrons. The molecule has 0 saturated heterocycles. The number of anilines is 1. The second-order valence-electron chi connectivity index (χ2n) is 3.20. The molecule has 0 fully saturated rings. The molecular formula is C12H14N2O3. The highest BCUT2D eigenvalue weighted by Gasteiger charge is 2.11. The zero-order chi connectivity index (χ0) is 12.7. The number of para-hydroxylation sites is 1. The number of carbonyl (C=O) groups excluding carboxylic acids is 2. The maximum Gasteiger partial charge on any atom is 0.330 e. The Bertz CT molecular complexity index is 403. The van der Waals surface area contributed by atoms with E-state index in [1.54, 1.807) is 24.3 Å². The van der Waals surface area contributed by atoms with Crippen molar-refractivity contribution in [2.45, 2.75) is 0 Å². The molecule has 2 amide bonds. The molecular weight excluding hydrogens is 220 g/mol. The Balaban J connectivity index is 2.59. The quantitative estimate of drug-likeness (QED) is 0.616. The number of hydrogen-bond acceptors (Lipinski definition) is 3. The first-order chi connectivity index (χ1) is 8.15. The Morgan fingerprint density at radius 3 is 2.53 bits per heavy atom. The average Bonchev–Trinajstić information content (AvgIpc) is 2.34. The molecule has 1 aromatic rings. The summed E-state index contributed by atoms with van der Waals surface area (Å²) in [7, 11) is 0. The molecule has 0 aliphatic heterocycles. The summed E-state index contributed by atoms with van der Waals surface area (Å²) in [6, 6.07) is 8.33. The van der Waals surface area contributed by atoms with Gasteiger partial charge < -0.3 is 10.5 Å². The lowest BCUT2D eigenvalue weighted by Gasteiger charge is -2.19. The second kappa shape index (κ2) is 6.32. The minimum atomic E-state index is -0.592. The fraction of sp³-hybridized carbons (Fsp3) is 0.167. The molecule has 0 aliphatic carbocycles. The van der Waals surface area contributed by atoms with Gasteiger partial charge in [-0.2, -0.15) is 0 Å². The number of ether oxygens (including phenoxy) is 1. The van der Waals surface area contributed by atoms with Crippen molar-refractivity contribution < 1.29 is 14.3 Å². The highest BCUT2D eigenvalue weighted by Crippen LogP contribution is 2.12. The van der Waals surface area contributed by atoms with Crippen LogP contribution in [0.25, 0.3) is 0 Å². The molecule has 1 aromatic carbocycles. The number of rotatable bonds is 5. The van der Waals surface area contributed by atoms with E-state index in [0.717, 1.165) is 6.08 Å². The summed E-state index contributed by atoms with van der Waals surface area (Å²) in [4.78, 5) is 23.4. The van der Waals surface area contributed by atoms with Gasteiger partial charge in [0.25, 0.3) is 0 Å². The van der Waals surface area contributed by atoms with Gasteiger partial charge in [0, 0.05) is 11.8 Å². The Labute approximate surface area is 99.5 Å². The predicted molar refractivity (Wildman–Crippen MR) is 64.5 cm³/mol. The summed E-state index contributed by atoms with van der Waals surface area (Å²) < 4.78 is 4.79. The monoisotopic (exact) mass is 234 g/mol. The van der Waals surface area contributed by atoms with Crippen molar-refractivity contribution in [3.05, 3.63) is 43.0 Å². The number of benzene rings is 1. The summed E-state index contributed by atoms with van der Waals surface area (Å²) in [6.07, 6.45) is 1.07. The normalized spacial score (nSPS) is 9.41. The summed E-state index contributed by atoms with van der Waals surface area (Å²) in [5.41, 5.74) is 5.91. The highest BCUT2D eigenvalue weighted by atomic mass is 16.5. The van der Waals surface area contributed by atoms with Crippen LogP contribution in [0.4, 0.5) is 10.5 Å². The molecule has 0 unspecified atom stereocenters. The lowest BCUT2D eigenvalue weighted by Crippen LogP contribution is -2.38. The highest BCUT2D eigenvalue weighted by molar-refractivity contribution is 5.90. The molecule has 0 spiro atoms. The van der Waals surface area contributed by atoms with Crippen LogP contribution < -0.4 is 10.6 Å². The van der Waals surface area contributed by atoms with Gasteiger partial charge in [-0.05, 0) is 12.1 Å². The van der Waals surface area contributed by atoms with Crippen molar-refractivity contribution in [2.75, 3.05) is 18.1 Å². The topological polar surface area (TPSA) is 72.6 Å². The molecule has 1 rings (SSSR count). The van der Waals surface area contributed by atoms with Crippen molar-refractivity contribution in [3.63, 3.8) is 0 Å². The number of urea groups is 1. The maximum atomic E-state index is 11.2. The van der Waals surface area contributed by atoms with E-state index in [1.165, 1.54) is 4.90 Å². The SMILES string of the molecule is C=CC(=O)OCCN(C(N)=O)c1ccccc1. The lowest BCUT2D eigenvalue weighted by molar-refractivity contribution is -0.137. The first kappa shape index (κ1) is 12.8. The zero-order valence-electron chi connectivity index (χ0n) is 9.33. The fourth-order valence-electron chi connectivity index (χ4n) is 1.27. The average molecular weight is 234 g/mol. The largest absolute Gasteiger partial charge is 0.461 e. The van der Waals surface area contributed by atoms with Gasteiger partial charge in [-0.3, -0.25) is 4.90 Å². The predicted octanol–water partition coefficient (Wildman–Crippen LogP) is 1.30. The molecule has 5 heteroatoms. The zero-order valence-corrected chi connectivity index (χ0v) is 9.33. The third-order valence-electron chi connectivity index (χ3n) is 2.06. The molecule has 0 aliphatic rings. The Morgan fingerprint density at radius 2 is 2.00 bits per heavy atom. The molecule has 0 saturated carbocycles. The maximum absolute atomic E-state index is 11.2. The number of nitrogens with two attached hydrogens (primary N) is 1. The van der Waals surface area contributed by atoms with E-state index in [9.17, 15) is 9.59 Å². The molecule has 0 bridgehead atoms. The van der Waals surface area contributed by atoms with Crippen LogP contribution in [-0.4, -0.2) is 25.2 Å². The van der Waals surface area contributed by atoms with Crippen LogP contribution in [0, 0.1) is 0 Å². The number of esters is 1. The molecule has 17 heavy (non-hydrogen) atoms. The standard InChI is InChI=1S/C12H14N2O3/c1-2-11(15)17-9-8-14(12(13)16)10-6-4-3-5-7-10/h2-7H,1,8-9H2,(H2,13,16). The summed E-state index contributed by atoms with van der Waals surface area (Å²) in [6.45, 7) is 3.55. The Hall–Kier alpha value is -2.30. The van der Waals surface area contributed by atoms with Crippen molar-refractivity contribution in [2.24, 2.45) is 5.73 Å². The van der Waals surface area contributed by atoms with Crippen LogP contribution >= 0.6 is 0 Å². The Morgan fingerprint density at radius 1 is 1.35 bits per heavy atom. The summed E-state index contributed by atoms with van der Waals surface area (Å²) >= 11 is 0. The lowest BCUT2D eigenvalue weighted by atomic mass is 10.3. The number of hydrogen-bond donors (Lipinski definition) is 1. The van der Waals surface area contributed by atoms with Crippen molar-refractivity contribution in [3.8, 4) is 0 Å². The van der Waals surface area contributed by atoms with Gasteiger partial charge in [-0.25, -0.2) is 9.59 Å². The summed E-state index contributed by atoms with van der Waals surface area (Å²) in [5, 5.41) is 0. The molecule has 0 radical (unpaired) electrons. The van der Waals surface area contributed by atoms with E-state index in [-0.39, 0.29) is 13.2 Å². The van der Waals surface area contributed by atoms with Crippen molar-refractivity contribution in [1.29, 1.82) is 0 Å². The third kappa shape index (κ3) is 3.98. The molecule has 2 N–H and O–H groups in total. The minimum Gasteiger partial charge on any atom is -0.461 e. The molecule has 5 nitrogen and oxygen atoms in total. The smallest absolute Gasteiger partial charge is 0.330 e. The van der Waals surface area contributed by atoms with Gasteiger partial charge in [0.05, 0.1) is 6.54 Å².